The van der Waals surface area contributed by atoms with E-state index in [1.807, 2.05) is 0 Å². The molecule has 2 N–H and O–H groups in total. The smallest absolute Gasteiger partial charge is 0.307 e. The lowest BCUT2D eigenvalue weighted by molar-refractivity contribution is -0.141. The summed E-state index contributed by atoms with van der Waals surface area (Å²) in [5, 5.41) is 11.9. The molecule has 1 saturated heterocycles. The third-order valence-electron chi connectivity index (χ3n) is 2.84. The minimum Gasteiger partial charge on any atom is -0.481 e. The molecule has 0 amide bonds. The van der Waals surface area contributed by atoms with Gasteiger partial charge in [0.05, 0.1) is 10.9 Å². The summed E-state index contributed by atoms with van der Waals surface area (Å²) in [6.07, 6.45) is 0.395. The van der Waals surface area contributed by atoms with Crippen molar-refractivity contribution in [3.05, 3.63) is 34.6 Å². The van der Waals surface area contributed by atoms with Gasteiger partial charge in [-0.2, -0.15) is 0 Å². The van der Waals surface area contributed by atoms with Gasteiger partial charge in [0.25, 0.3) is 0 Å². The summed E-state index contributed by atoms with van der Waals surface area (Å²) in [7, 11) is 0. The lowest BCUT2D eigenvalue weighted by Crippen LogP contribution is -2.17. The van der Waals surface area contributed by atoms with Gasteiger partial charge in [0.15, 0.2) is 0 Å². The number of rotatable bonds is 2. The fourth-order valence-electron chi connectivity index (χ4n) is 1.95. The van der Waals surface area contributed by atoms with Crippen LogP contribution in [-0.4, -0.2) is 17.6 Å². The zero-order valence-corrected chi connectivity index (χ0v) is 9.17. The molecular weight excluding hydrogens is 233 g/mol. The van der Waals surface area contributed by atoms with E-state index >= 15 is 0 Å². The van der Waals surface area contributed by atoms with Gasteiger partial charge in [0, 0.05) is 18.2 Å². The number of halogens is 2. The normalized spacial score (nSPS) is 24.6. The highest BCUT2D eigenvalue weighted by Crippen LogP contribution is 2.31. The Morgan fingerprint density at radius 1 is 1.56 bits per heavy atom. The number of nitrogens with one attached hydrogen (secondary N) is 1. The van der Waals surface area contributed by atoms with Crippen LogP contribution in [0.5, 0.6) is 0 Å². The standard InChI is InChI=1S/C11H11ClFNO2/c12-8-3-1-2-7(10(8)13)9-4-6(5-14-9)11(15)16/h1-3,6,9,14H,4-5H2,(H,15,16). The molecule has 1 heterocycles. The van der Waals surface area contributed by atoms with Gasteiger partial charge in [-0.05, 0) is 12.5 Å². The van der Waals surface area contributed by atoms with Gasteiger partial charge in [-0.1, -0.05) is 23.7 Å². The van der Waals surface area contributed by atoms with Crippen LogP contribution in [0, 0.1) is 11.7 Å². The first kappa shape index (κ1) is 11.4. The minimum atomic E-state index is -0.850. The molecule has 2 atom stereocenters. The van der Waals surface area contributed by atoms with E-state index in [9.17, 15) is 9.18 Å². The van der Waals surface area contributed by atoms with Gasteiger partial charge in [0.2, 0.25) is 0 Å². The number of aliphatic carboxylic acids is 1. The molecule has 0 radical (unpaired) electrons. The molecule has 1 aliphatic rings. The Kier molecular flexibility index (Phi) is 3.12. The van der Waals surface area contributed by atoms with Crippen LogP contribution in [0.3, 0.4) is 0 Å². The number of hydrogen-bond acceptors (Lipinski definition) is 2. The van der Waals surface area contributed by atoms with Crippen molar-refractivity contribution in [2.75, 3.05) is 6.54 Å². The van der Waals surface area contributed by atoms with E-state index < -0.39 is 17.7 Å². The Labute approximate surface area is 97.2 Å². The zero-order valence-electron chi connectivity index (χ0n) is 8.41. The van der Waals surface area contributed by atoms with E-state index in [0.29, 0.717) is 18.5 Å². The van der Waals surface area contributed by atoms with Gasteiger partial charge in [-0.25, -0.2) is 4.39 Å². The van der Waals surface area contributed by atoms with Gasteiger partial charge >= 0.3 is 5.97 Å². The van der Waals surface area contributed by atoms with Crippen LogP contribution in [-0.2, 0) is 4.79 Å². The maximum absolute atomic E-state index is 13.7. The van der Waals surface area contributed by atoms with Crippen molar-refractivity contribution < 1.29 is 14.3 Å². The van der Waals surface area contributed by atoms with E-state index in [4.69, 9.17) is 16.7 Å². The number of carboxylic acid groups (broad SMARTS) is 1. The molecule has 86 valence electrons. The Hall–Kier alpha value is -1.13. The molecule has 3 nitrogen and oxygen atoms in total. The molecule has 5 heteroatoms. The monoisotopic (exact) mass is 243 g/mol. The Bertz CT molecular complexity index is 424. The van der Waals surface area contributed by atoms with Crippen LogP contribution >= 0.6 is 11.6 Å². The average molecular weight is 244 g/mol. The molecule has 1 fully saturated rings. The van der Waals surface area contributed by atoms with Crippen molar-refractivity contribution in [3.63, 3.8) is 0 Å². The summed E-state index contributed by atoms with van der Waals surface area (Å²) in [5.41, 5.74) is 0.441. The molecule has 1 aromatic carbocycles. The number of benzene rings is 1. The van der Waals surface area contributed by atoms with Crippen LogP contribution in [0.4, 0.5) is 4.39 Å². The Morgan fingerprint density at radius 3 is 2.94 bits per heavy atom. The lowest BCUT2D eigenvalue weighted by atomic mass is 10.00. The van der Waals surface area contributed by atoms with Crippen molar-refractivity contribution in [3.8, 4) is 0 Å². The lowest BCUT2D eigenvalue weighted by Gasteiger charge is -2.12. The van der Waals surface area contributed by atoms with Crippen LogP contribution in [0.25, 0.3) is 0 Å². The maximum atomic E-state index is 13.7. The second kappa shape index (κ2) is 4.39. The van der Waals surface area contributed by atoms with Gasteiger partial charge < -0.3 is 10.4 Å². The van der Waals surface area contributed by atoms with Crippen LogP contribution in [0.2, 0.25) is 5.02 Å². The number of hydrogen-bond donors (Lipinski definition) is 2. The van der Waals surface area contributed by atoms with Gasteiger partial charge in [-0.3, -0.25) is 4.79 Å². The quantitative estimate of drug-likeness (QED) is 0.837. The van der Waals surface area contributed by atoms with Crippen LogP contribution in [0.15, 0.2) is 18.2 Å². The van der Waals surface area contributed by atoms with E-state index in [0.717, 1.165) is 0 Å². The minimum absolute atomic E-state index is 0.0677. The first-order chi connectivity index (χ1) is 7.59. The summed E-state index contributed by atoms with van der Waals surface area (Å²) in [6.45, 7) is 0.367. The molecule has 0 aliphatic carbocycles. The molecule has 0 bridgehead atoms. The zero-order chi connectivity index (χ0) is 11.7. The fourth-order valence-corrected chi connectivity index (χ4v) is 2.13. The van der Waals surface area contributed by atoms with E-state index in [1.165, 1.54) is 6.07 Å². The third-order valence-corrected chi connectivity index (χ3v) is 3.13. The second-order valence-corrected chi connectivity index (χ2v) is 4.28. The average Bonchev–Trinajstić information content (AvgIpc) is 2.71. The highest BCUT2D eigenvalue weighted by atomic mass is 35.5. The van der Waals surface area contributed by atoms with Gasteiger partial charge in [-0.15, -0.1) is 0 Å². The summed E-state index contributed by atoms with van der Waals surface area (Å²) < 4.78 is 13.7. The molecule has 0 aromatic heterocycles. The highest BCUT2D eigenvalue weighted by Gasteiger charge is 2.31. The molecule has 0 saturated carbocycles. The fraction of sp³-hybridized carbons (Fsp3) is 0.364. The van der Waals surface area contributed by atoms with Crippen molar-refractivity contribution >= 4 is 17.6 Å². The summed E-state index contributed by atoms with van der Waals surface area (Å²) in [5.74, 6) is -1.77. The number of carbonyl (C=O) groups is 1. The molecule has 2 rings (SSSR count). The molecule has 2 unspecified atom stereocenters. The Balaban J connectivity index is 2.21. The molecule has 1 aliphatic heterocycles. The topological polar surface area (TPSA) is 49.3 Å². The van der Waals surface area contributed by atoms with E-state index in [-0.39, 0.29) is 11.1 Å². The maximum Gasteiger partial charge on any atom is 0.307 e. The summed E-state index contributed by atoms with van der Waals surface area (Å²) in [4.78, 5) is 10.8. The van der Waals surface area contributed by atoms with Crippen LogP contribution < -0.4 is 5.32 Å². The van der Waals surface area contributed by atoms with E-state index in [1.54, 1.807) is 12.1 Å². The van der Waals surface area contributed by atoms with E-state index in [2.05, 4.69) is 5.32 Å². The van der Waals surface area contributed by atoms with Crippen LogP contribution in [0.1, 0.15) is 18.0 Å². The largest absolute Gasteiger partial charge is 0.481 e. The van der Waals surface area contributed by atoms with Gasteiger partial charge in [0.1, 0.15) is 5.82 Å². The Morgan fingerprint density at radius 2 is 2.31 bits per heavy atom. The van der Waals surface area contributed by atoms with Crippen molar-refractivity contribution in [1.29, 1.82) is 0 Å². The molecule has 0 spiro atoms. The SMILES string of the molecule is O=C(O)C1CNC(c2cccc(Cl)c2F)C1. The predicted molar refractivity (Wildman–Crippen MR) is 57.9 cm³/mol. The molecule has 1 aromatic rings. The van der Waals surface area contributed by atoms with Crippen molar-refractivity contribution in [1.82, 2.24) is 5.32 Å². The first-order valence-corrected chi connectivity index (χ1v) is 5.37. The summed E-state index contributed by atoms with van der Waals surface area (Å²) >= 11 is 5.67. The number of carboxylic acids is 1. The molecular formula is C11H11ClFNO2. The predicted octanol–water partition coefficient (Wildman–Crippen LogP) is 2.21. The highest BCUT2D eigenvalue weighted by molar-refractivity contribution is 6.30. The summed E-state index contributed by atoms with van der Waals surface area (Å²) in [6, 6.07) is 4.50. The first-order valence-electron chi connectivity index (χ1n) is 4.99. The second-order valence-electron chi connectivity index (χ2n) is 3.87. The van der Waals surface area contributed by atoms with Crippen molar-refractivity contribution in [2.24, 2.45) is 5.92 Å². The van der Waals surface area contributed by atoms with Crippen molar-refractivity contribution in [2.45, 2.75) is 12.5 Å². The third kappa shape index (κ3) is 2.03. The molecule has 16 heavy (non-hydrogen) atoms.